The SMILES string of the molecule is Cc1[nH]nc(C(N)=O)c1NC(=O)CCSCc1nc2sc3c(c2c(=O)[nH]1)CCC3. The average Bonchev–Trinajstić information content (AvgIpc) is 3.34. The lowest BCUT2D eigenvalue weighted by Crippen LogP contribution is -2.18. The lowest BCUT2D eigenvalue weighted by molar-refractivity contribution is -0.115. The number of hydrogen-bond donors (Lipinski definition) is 4. The second-order valence-electron chi connectivity index (χ2n) is 6.84. The Kier molecular flexibility index (Phi) is 5.41. The maximum absolute atomic E-state index is 12.4. The second kappa shape index (κ2) is 7.99. The molecule has 2 amide bonds. The van der Waals surface area contributed by atoms with E-state index in [0.29, 0.717) is 28.7 Å². The summed E-state index contributed by atoms with van der Waals surface area (Å²) >= 11 is 3.12. The molecule has 1 aliphatic rings. The largest absolute Gasteiger partial charge is 0.364 e. The molecule has 3 aromatic rings. The van der Waals surface area contributed by atoms with E-state index >= 15 is 0 Å². The molecule has 3 heterocycles. The maximum Gasteiger partial charge on any atom is 0.271 e. The standard InChI is InChI=1S/C18H20N6O3S2/c1-8-14(15(16(19)26)24-23-8)22-12(25)5-6-28-7-11-20-17(27)13-9-3-2-4-10(9)29-18(13)21-11/h2-7H2,1H3,(H2,19,26)(H,22,25)(H,23,24)(H,20,21,27). The monoisotopic (exact) mass is 432 g/mol. The summed E-state index contributed by atoms with van der Waals surface area (Å²) in [5.41, 5.74) is 7.24. The van der Waals surface area contributed by atoms with Crippen LogP contribution in [0.5, 0.6) is 0 Å². The summed E-state index contributed by atoms with van der Waals surface area (Å²) in [6.07, 6.45) is 3.34. The number of aryl methyl sites for hydroxylation is 3. The molecular formula is C18H20N6O3S2. The molecule has 0 atom stereocenters. The summed E-state index contributed by atoms with van der Waals surface area (Å²) < 4.78 is 0. The number of aromatic amines is 2. The molecule has 9 nitrogen and oxygen atoms in total. The van der Waals surface area contributed by atoms with Crippen molar-refractivity contribution in [3.05, 3.63) is 38.0 Å². The van der Waals surface area contributed by atoms with Gasteiger partial charge in [-0.05, 0) is 31.7 Å². The molecule has 4 rings (SSSR count). The molecule has 0 radical (unpaired) electrons. The number of primary amides is 1. The van der Waals surface area contributed by atoms with Gasteiger partial charge in [-0.3, -0.25) is 19.5 Å². The van der Waals surface area contributed by atoms with Gasteiger partial charge in [-0.2, -0.15) is 16.9 Å². The number of nitrogens with zero attached hydrogens (tertiary/aromatic N) is 2. The van der Waals surface area contributed by atoms with E-state index in [-0.39, 0.29) is 23.6 Å². The molecule has 0 saturated heterocycles. The number of thioether (sulfide) groups is 1. The number of carbonyl (C=O) groups is 2. The first-order chi connectivity index (χ1) is 13.9. The van der Waals surface area contributed by atoms with Crippen LogP contribution in [0.3, 0.4) is 0 Å². The fraction of sp³-hybridized carbons (Fsp3) is 0.389. The average molecular weight is 433 g/mol. The van der Waals surface area contributed by atoms with Crippen LogP contribution in [0.2, 0.25) is 0 Å². The number of H-pyrrole nitrogens is 2. The molecule has 3 aromatic heterocycles. The summed E-state index contributed by atoms with van der Waals surface area (Å²) in [5, 5.41) is 9.85. The fourth-order valence-electron chi connectivity index (χ4n) is 3.41. The number of nitrogens with one attached hydrogen (secondary N) is 3. The first kappa shape index (κ1) is 19.6. The molecule has 0 fully saturated rings. The van der Waals surface area contributed by atoms with Gasteiger partial charge in [-0.1, -0.05) is 0 Å². The zero-order chi connectivity index (χ0) is 20.5. The molecule has 0 bridgehead atoms. The Balaban J connectivity index is 1.33. The Morgan fingerprint density at radius 3 is 2.97 bits per heavy atom. The Morgan fingerprint density at radius 2 is 2.17 bits per heavy atom. The molecular weight excluding hydrogens is 412 g/mol. The van der Waals surface area contributed by atoms with Crippen LogP contribution in [-0.4, -0.2) is 37.7 Å². The molecule has 0 unspecified atom stereocenters. The third kappa shape index (κ3) is 3.92. The highest BCUT2D eigenvalue weighted by atomic mass is 32.2. The maximum atomic E-state index is 12.4. The van der Waals surface area contributed by atoms with Crippen molar-refractivity contribution in [2.45, 2.75) is 38.4 Å². The first-order valence-corrected chi connectivity index (χ1v) is 11.2. The summed E-state index contributed by atoms with van der Waals surface area (Å²) in [7, 11) is 0. The van der Waals surface area contributed by atoms with E-state index in [1.807, 2.05) is 0 Å². The van der Waals surface area contributed by atoms with Crippen LogP contribution in [0.4, 0.5) is 5.69 Å². The van der Waals surface area contributed by atoms with Gasteiger partial charge in [-0.25, -0.2) is 4.98 Å². The Hall–Kier alpha value is -2.66. The van der Waals surface area contributed by atoms with Crippen LogP contribution in [-0.2, 0) is 23.4 Å². The van der Waals surface area contributed by atoms with E-state index in [0.717, 1.165) is 29.5 Å². The molecule has 0 aromatic carbocycles. The van der Waals surface area contributed by atoms with Gasteiger partial charge in [0.15, 0.2) is 5.69 Å². The van der Waals surface area contributed by atoms with Gasteiger partial charge in [0.25, 0.3) is 11.5 Å². The van der Waals surface area contributed by atoms with Gasteiger partial charge < -0.3 is 16.0 Å². The van der Waals surface area contributed by atoms with Crippen molar-refractivity contribution in [1.29, 1.82) is 0 Å². The van der Waals surface area contributed by atoms with E-state index in [2.05, 4.69) is 25.5 Å². The molecule has 5 N–H and O–H groups in total. The van der Waals surface area contributed by atoms with E-state index in [9.17, 15) is 14.4 Å². The third-order valence-corrected chi connectivity index (χ3v) is 6.94. The smallest absolute Gasteiger partial charge is 0.271 e. The van der Waals surface area contributed by atoms with Crippen LogP contribution in [0.15, 0.2) is 4.79 Å². The lowest BCUT2D eigenvalue weighted by atomic mass is 10.2. The van der Waals surface area contributed by atoms with Crippen LogP contribution in [0, 0.1) is 6.92 Å². The number of fused-ring (bicyclic) bond motifs is 3. The third-order valence-electron chi connectivity index (χ3n) is 4.78. The van der Waals surface area contributed by atoms with Crippen molar-refractivity contribution in [2.24, 2.45) is 5.73 Å². The van der Waals surface area contributed by atoms with Crippen molar-refractivity contribution in [3.63, 3.8) is 0 Å². The molecule has 11 heteroatoms. The first-order valence-electron chi connectivity index (χ1n) is 9.20. The number of anilines is 1. The van der Waals surface area contributed by atoms with E-state index < -0.39 is 5.91 Å². The molecule has 29 heavy (non-hydrogen) atoms. The van der Waals surface area contributed by atoms with Crippen molar-refractivity contribution in [3.8, 4) is 0 Å². The quantitative estimate of drug-likeness (QED) is 0.419. The minimum atomic E-state index is -0.705. The number of thiophene rings is 1. The highest BCUT2D eigenvalue weighted by Gasteiger charge is 2.21. The Morgan fingerprint density at radius 1 is 1.34 bits per heavy atom. The van der Waals surface area contributed by atoms with Crippen LogP contribution in [0.25, 0.3) is 10.2 Å². The normalized spacial score (nSPS) is 13.0. The van der Waals surface area contributed by atoms with Crippen LogP contribution >= 0.6 is 23.1 Å². The van der Waals surface area contributed by atoms with Crippen molar-refractivity contribution >= 4 is 50.8 Å². The second-order valence-corrected chi connectivity index (χ2v) is 9.03. The highest BCUT2D eigenvalue weighted by molar-refractivity contribution is 7.98. The highest BCUT2D eigenvalue weighted by Crippen LogP contribution is 2.34. The van der Waals surface area contributed by atoms with E-state index in [4.69, 9.17) is 5.73 Å². The van der Waals surface area contributed by atoms with Crippen molar-refractivity contribution in [1.82, 2.24) is 20.2 Å². The van der Waals surface area contributed by atoms with Gasteiger partial charge in [-0.15, -0.1) is 11.3 Å². The van der Waals surface area contributed by atoms with E-state index in [1.165, 1.54) is 22.2 Å². The predicted octanol–water partition coefficient (Wildman–Crippen LogP) is 1.87. The summed E-state index contributed by atoms with van der Waals surface area (Å²) in [6.45, 7) is 1.70. The number of aromatic nitrogens is 4. The van der Waals surface area contributed by atoms with Crippen LogP contribution < -0.4 is 16.6 Å². The summed E-state index contributed by atoms with van der Waals surface area (Å²) in [4.78, 5) is 45.5. The number of hydrogen-bond acceptors (Lipinski definition) is 7. The van der Waals surface area contributed by atoms with Gasteiger partial charge >= 0.3 is 0 Å². The van der Waals surface area contributed by atoms with Crippen LogP contribution in [0.1, 0.15) is 45.3 Å². The predicted molar refractivity (Wildman–Crippen MR) is 114 cm³/mol. The van der Waals surface area contributed by atoms with Gasteiger partial charge in [0.1, 0.15) is 10.7 Å². The van der Waals surface area contributed by atoms with Gasteiger partial charge in [0, 0.05) is 17.1 Å². The molecule has 0 spiro atoms. The zero-order valence-corrected chi connectivity index (χ0v) is 17.4. The number of rotatable bonds is 7. The van der Waals surface area contributed by atoms with Crippen molar-refractivity contribution < 1.29 is 9.59 Å². The Labute approximate surface area is 173 Å². The van der Waals surface area contributed by atoms with Gasteiger partial charge in [0.2, 0.25) is 5.91 Å². The number of nitrogens with two attached hydrogens (primary N) is 1. The molecule has 0 saturated carbocycles. The minimum absolute atomic E-state index is 0.0152. The topological polar surface area (TPSA) is 147 Å². The number of amides is 2. The lowest BCUT2D eigenvalue weighted by Gasteiger charge is -2.06. The fourth-order valence-corrected chi connectivity index (χ4v) is 5.50. The molecule has 1 aliphatic carbocycles. The van der Waals surface area contributed by atoms with Crippen molar-refractivity contribution in [2.75, 3.05) is 11.1 Å². The van der Waals surface area contributed by atoms with Gasteiger partial charge in [0.05, 0.1) is 22.5 Å². The summed E-state index contributed by atoms with van der Waals surface area (Å²) in [5.74, 6) is 0.727. The molecule has 152 valence electrons. The Bertz CT molecular complexity index is 1160. The molecule has 0 aliphatic heterocycles. The summed E-state index contributed by atoms with van der Waals surface area (Å²) in [6, 6.07) is 0. The minimum Gasteiger partial charge on any atom is -0.364 e. The zero-order valence-electron chi connectivity index (χ0n) is 15.8. The number of carbonyl (C=O) groups excluding carboxylic acids is 2. The van der Waals surface area contributed by atoms with E-state index in [1.54, 1.807) is 18.3 Å².